The third-order valence-corrected chi connectivity index (χ3v) is 4.39. The van der Waals surface area contributed by atoms with Gasteiger partial charge in [-0.2, -0.15) is 0 Å². The fourth-order valence-corrected chi connectivity index (χ4v) is 2.87. The van der Waals surface area contributed by atoms with Crippen molar-refractivity contribution in [3.63, 3.8) is 0 Å². The number of hydrogen-bond donors (Lipinski definition) is 0. The number of rotatable bonds is 5. The number of esters is 1. The summed E-state index contributed by atoms with van der Waals surface area (Å²) in [5.41, 5.74) is 2.04. The largest absolute Gasteiger partial charge is 0.497 e. The van der Waals surface area contributed by atoms with Gasteiger partial charge in [0, 0.05) is 18.7 Å². The summed E-state index contributed by atoms with van der Waals surface area (Å²) in [5, 5.41) is 0. The van der Waals surface area contributed by atoms with E-state index in [0.29, 0.717) is 18.0 Å². The maximum atomic E-state index is 12.4. The van der Waals surface area contributed by atoms with Gasteiger partial charge in [-0.25, -0.2) is 0 Å². The van der Waals surface area contributed by atoms with Crippen molar-refractivity contribution in [1.29, 1.82) is 0 Å². The van der Waals surface area contributed by atoms with Crippen LogP contribution in [0.1, 0.15) is 18.9 Å². The second kappa shape index (κ2) is 7.38. The van der Waals surface area contributed by atoms with Crippen LogP contribution in [0.3, 0.4) is 0 Å². The summed E-state index contributed by atoms with van der Waals surface area (Å²) in [7, 11) is 1.58. The van der Waals surface area contributed by atoms with Crippen LogP contribution in [0.15, 0.2) is 48.5 Å². The lowest BCUT2D eigenvalue weighted by Crippen LogP contribution is -2.27. The number of nitrogens with zero attached hydrogens (tertiary/aromatic N) is 1. The Kier molecular flexibility index (Phi) is 5.03. The van der Waals surface area contributed by atoms with E-state index in [9.17, 15) is 9.59 Å². The van der Waals surface area contributed by atoms with Crippen molar-refractivity contribution in [1.82, 2.24) is 0 Å². The average Bonchev–Trinajstić information content (AvgIpc) is 3.04. The van der Waals surface area contributed by atoms with Gasteiger partial charge in [0.15, 0.2) is 0 Å². The smallest absolute Gasteiger partial charge is 0.316 e. The second-order valence-corrected chi connectivity index (χ2v) is 6.02. The second-order valence-electron chi connectivity index (χ2n) is 6.02. The Labute approximate surface area is 147 Å². The van der Waals surface area contributed by atoms with Gasteiger partial charge in [0.1, 0.15) is 11.5 Å². The highest BCUT2D eigenvalue weighted by molar-refractivity contribution is 5.99. The summed E-state index contributed by atoms with van der Waals surface area (Å²) < 4.78 is 10.5. The topological polar surface area (TPSA) is 55.8 Å². The zero-order chi connectivity index (χ0) is 17.8. The highest BCUT2D eigenvalue weighted by atomic mass is 16.5. The standard InChI is InChI=1S/C20H21NO4/c1-3-14-4-6-16(7-5-14)21-13-15(12-19(21)22)20(23)25-18-10-8-17(24-2)9-11-18/h4-11,15H,3,12-13H2,1-2H3/t15-/m0/s1. The van der Waals surface area contributed by atoms with E-state index in [1.54, 1.807) is 36.3 Å². The van der Waals surface area contributed by atoms with E-state index in [0.717, 1.165) is 12.1 Å². The molecule has 0 N–H and O–H groups in total. The monoisotopic (exact) mass is 339 g/mol. The average molecular weight is 339 g/mol. The lowest BCUT2D eigenvalue weighted by atomic mass is 10.1. The summed E-state index contributed by atoms with van der Waals surface area (Å²) in [5.74, 6) is 0.245. The van der Waals surface area contributed by atoms with Gasteiger partial charge in [-0.05, 0) is 48.4 Å². The van der Waals surface area contributed by atoms with E-state index in [4.69, 9.17) is 9.47 Å². The number of aryl methyl sites for hydroxylation is 1. The third-order valence-electron chi connectivity index (χ3n) is 4.39. The van der Waals surface area contributed by atoms with Gasteiger partial charge in [-0.15, -0.1) is 0 Å². The van der Waals surface area contributed by atoms with Gasteiger partial charge in [-0.1, -0.05) is 19.1 Å². The molecule has 1 heterocycles. The molecule has 0 bridgehead atoms. The lowest BCUT2D eigenvalue weighted by Gasteiger charge is -2.17. The molecule has 1 fully saturated rings. The van der Waals surface area contributed by atoms with Crippen molar-refractivity contribution in [3.8, 4) is 11.5 Å². The SMILES string of the molecule is CCc1ccc(N2C[C@@H](C(=O)Oc3ccc(OC)cc3)CC2=O)cc1. The van der Waals surface area contributed by atoms with Gasteiger partial charge in [-0.3, -0.25) is 9.59 Å². The molecule has 1 aliphatic heterocycles. The first-order chi connectivity index (χ1) is 12.1. The summed E-state index contributed by atoms with van der Waals surface area (Å²) >= 11 is 0. The molecule has 5 heteroatoms. The van der Waals surface area contributed by atoms with E-state index < -0.39 is 5.92 Å². The predicted octanol–water partition coefficient (Wildman–Crippen LogP) is 3.22. The molecular formula is C20H21NO4. The number of ether oxygens (including phenoxy) is 2. The molecule has 1 saturated heterocycles. The van der Waals surface area contributed by atoms with E-state index in [1.165, 1.54) is 5.56 Å². The minimum absolute atomic E-state index is 0.0547. The van der Waals surface area contributed by atoms with E-state index in [-0.39, 0.29) is 18.3 Å². The molecule has 1 amide bonds. The molecule has 0 unspecified atom stereocenters. The normalized spacial score (nSPS) is 16.8. The first-order valence-electron chi connectivity index (χ1n) is 8.35. The molecule has 0 aliphatic carbocycles. The first kappa shape index (κ1) is 17.0. The summed E-state index contributed by atoms with van der Waals surface area (Å²) in [4.78, 5) is 26.3. The Morgan fingerprint density at radius 2 is 1.72 bits per heavy atom. The number of hydrogen-bond acceptors (Lipinski definition) is 4. The maximum absolute atomic E-state index is 12.4. The molecular weight excluding hydrogens is 318 g/mol. The third kappa shape index (κ3) is 3.82. The summed E-state index contributed by atoms with van der Waals surface area (Å²) in [6, 6.07) is 14.7. The number of anilines is 1. The maximum Gasteiger partial charge on any atom is 0.316 e. The Morgan fingerprint density at radius 3 is 2.32 bits per heavy atom. The summed E-state index contributed by atoms with van der Waals surface area (Å²) in [6.07, 6.45) is 1.12. The molecule has 2 aromatic rings. The van der Waals surface area contributed by atoms with Gasteiger partial charge >= 0.3 is 5.97 Å². The van der Waals surface area contributed by atoms with Crippen LogP contribution in [0, 0.1) is 5.92 Å². The van der Waals surface area contributed by atoms with Crippen LogP contribution >= 0.6 is 0 Å². The van der Waals surface area contributed by atoms with Gasteiger partial charge in [0.2, 0.25) is 5.91 Å². The predicted molar refractivity (Wildman–Crippen MR) is 94.9 cm³/mol. The van der Waals surface area contributed by atoms with E-state index in [2.05, 4.69) is 6.92 Å². The van der Waals surface area contributed by atoms with Gasteiger partial charge < -0.3 is 14.4 Å². The molecule has 0 spiro atoms. The minimum Gasteiger partial charge on any atom is -0.497 e. The zero-order valence-corrected chi connectivity index (χ0v) is 14.4. The molecule has 1 atom stereocenters. The fraction of sp³-hybridized carbons (Fsp3) is 0.300. The number of carbonyl (C=O) groups excluding carboxylic acids is 2. The molecule has 130 valence electrons. The summed E-state index contributed by atoms with van der Waals surface area (Å²) in [6.45, 7) is 2.43. The Morgan fingerprint density at radius 1 is 1.08 bits per heavy atom. The van der Waals surface area contributed by atoms with E-state index in [1.807, 2.05) is 24.3 Å². The van der Waals surface area contributed by atoms with Crippen LogP contribution < -0.4 is 14.4 Å². The van der Waals surface area contributed by atoms with Crippen molar-refractivity contribution in [2.45, 2.75) is 19.8 Å². The van der Waals surface area contributed by atoms with Crippen molar-refractivity contribution in [2.24, 2.45) is 5.92 Å². The molecule has 0 saturated carbocycles. The van der Waals surface area contributed by atoms with Gasteiger partial charge in [0.25, 0.3) is 0 Å². The molecule has 25 heavy (non-hydrogen) atoms. The van der Waals surface area contributed by atoms with E-state index >= 15 is 0 Å². The Bertz CT molecular complexity index is 752. The van der Waals surface area contributed by atoms with Crippen LogP contribution in [0.25, 0.3) is 0 Å². The number of carbonyl (C=O) groups is 2. The van der Waals surface area contributed by atoms with Crippen LogP contribution in [0.2, 0.25) is 0 Å². The first-order valence-corrected chi connectivity index (χ1v) is 8.35. The van der Waals surface area contributed by atoms with Crippen molar-refractivity contribution >= 4 is 17.6 Å². The van der Waals surface area contributed by atoms with Crippen molar-refractivity contribution in [2.75, 3.05) is 18.6 Å². The van der Waals surface area contributed by atoms with Crippen molar-refractivity contribution in [3.05, 3.63) is 54.1 Å². The number of amides is 1. The minimum atomic E-state index is -0.458. The van der Waals surface area contributed by atoms with Crippen LogP contribution in [-0.2, 0) is 16.0 Å². The zero-order valence-electron chi connectivity index (χ0n) is 14.4. The molecule has 3 rings (SSSR count). The van der Waals surface area contributed by atoms with Crippen LogP contribution in [-0.4, -0.2) is 25.5 Å². The van der Waals surface area contributed by atoms with Crippen LogP contribution in [0.5, 0.6) is 11.5 Å². The molecule has 5 nitrogen and oxygen atoms in total. The lowest BCUT2D eigenvalue weighted by molar-refractivity contribution is -0.139. The number of benzene rings is 2. The fourth-order valence-electron chi connectivity index (χ4n) is 2.87. The number of methoxy groups -OCH3 is 1. The molecule has 0 radical (unpaired) electrons. The highest BCUT2D eigenvalue weighted by Crippen LogP contribution is 2.27. The van der Waals surface area contributed by atoms with Crippen molar-refractivity contribution < 1.29 is 19.1 Å². The van der Waals surface area contributed by atoms with Gasteiger partial charge in [0.05, 0.1) is 13.0 Å². The molecule has 0 aromatic heterocycles. The Hall–Kier alpha value is -2.82. The quantitative estimate of drug-likeness (QED) is 0.620. The molecule has 2 aromatic carbocycles. The molecule has 1 aliphatic rings. The Balaban J connectivity index is 1.65. The van der Waals surface area contributed by atoms with Crippen LogP contribution in [0.4, 0.5) is 5.69 Å². The highest BCUT2D eigenvalue weighted by Gasteiger charge is 2.36.